The number of methoxy groups -OCH3 is 1. The van der Waals surface area contributed by atoms with Crippen molar-refractivity contribution in [2.24, 2.45) is 0 Å². The lowest BCUT2D eigenvalue weighted by Crippen LogP contribution is -2.23. The van der Waals surface area contributed by atoms with E-state index in [9.17, 15) is 9.90 Å². The average molecular weight is 461 g/mol. The van der Waals surface area contributed by atoms with Crippen LogP contribution in [0.3, 0.4) is 0 Å². The fraction of sp³-hybridized carbons (Fsp3) is 0.0400. The van der Waals surface area contributed by atoms with Crippen LogP contribution < -0.4 is 14.8 Å². The van der Waals surface area contributed by atoms with Crippen LogP contribution in [0.2, 0.25) is 5.02 Å². The Kier molecular flexibility index (Phi) is 5.17. The predicted molar refractivity (Wildman–Crippen MR) is 129 cm³/mol. The summed E-state index contributed by atoms with van der Waals surface area (Å²) in [7, 11) is 1.45. The molecule has 0 amide bonds. The normalized spacial score (nSPS) is 11.9. The number of aromatic nitrogens is 2. The van der Waals surface area contributed by atoms with Gasteiger partial charge < -0.3 is 9.84 Å². The molecule has 0 aliphatic carbocycles. The van der Waals surface area contributed by atoms with E-state index in [1.165, 1.54) is 18.4 Å². The molecule has 2 heterocycles. The molecule has 2 aromatic heterocycles. The molecule has 1 N–H and O–H groups in total. The lowest BCUT2D eigenvalue weighted by molar-refractivity contribution is 0.373. The summed E-state index contributed by atoms with van der Waals surface area (Å²) in [5.74, 6) is 0.113. The Hall–Kier alpha value is -3.61. The van der Waals surface area contributed by atoms with Crippen molar-refractivity contribution in [2.75, 3.05) is 7.11 Å². The van der Waals surface area contributed by atoms with E-state index in [1.807, 2.05) is 60.7 Å². The summed E-state index contributed by atoms with van der Waals surface area (Å²) in [5.41, 5.74) is 3.87. The lowest BCUT2D eigenvalue weighted by atomic mass is 10.1. The lowest BCUT2D eigenvalue weighted by Gasteiger charge is -2.06. The second-order valence-corrected chi connectivity index (χ2v) is 8.54. The Bertz CT molecular complexity index is 1540. The van der Waals surface area contributed by atoms with Gasteiger partial charge in [-0.1, -0.05) is 83.6 Å². The summed E-state index contributed by atoms with van der Waals surface area (Å²) in [6.45, 7) is 0. The first-order valence-corrected chi connectivity index (χ1v) is 11.0. The minimum Gasteiger partial charge on any atom is -0.503 e. The largest absolute Gasteiger partial charge is 0.503 e. The van der Waals surface area contributed by atoms with Crippen LogP contribution in [-0.4, -0.2) is 21.6 Å². The van der Waals surface area contributed by atoms with Crippen LogP contribution in [0, 0.1) is 0 Å². The third-order valence-corrected chi connectivity index (χ3v) is 6.38. The van der Waals surface area contributed by atoms with Gasteiger partial charge in [0.1, 0.15) is 0 Å². The average Bonchev–Trinajstić information content (AvgIpc) is 3.34. The van der Waals surface area contributed by atoms with E-state index in [-0.39, 0.29) is 22.1 Å². The number of phenols is 1. The Morgan fingerprint density at radius 2 is 1.69 bits per heavy atom. The van der Waals surface area contributed by atoms with Gasteiger partial charge in [-0.25, -0.2) is 9.38 Å². The Morgan fingerprint density at radius 1 is 1.03 bits per heavy atom. The molecule has 0 spiro atoms. The number of ether oxygens (including phenoxy) is 1. The zero-order chi connectivity index (χ0) is 22.2. The van der Waals surface area contributed by atoms with Gasteiger partial charge in [0.15, 0.2) is 16.5 Å². The first-order valence-electron chi connectivity index (χ1n) is 9.81. The molecule has 158 valence electrons. The van der Waals surface area contributed by atoms with E-state index in [1.54, 1.807) is 22.6 Å². The molecular weight excluding hydrogens is 444 g/mol. The highest BCUT2D eigenvalue weighted by Gasteiger charge is 2.20. The fourth-order valence-electron chi connectivity index (χ4n) is 3.64. The molecule has 0 saturated carbocycles. The predicted octanol–water partition coefficient (Wildman–Crippen LogP) is 5.01. The molecule has 0 atom stereocenters. The number of rotatable bonds is 4. The van der Waals surface area contributed by atoms with Crippen molar-refractivity contribution < 1.29 is 9.84 Å². The molecular formula is C25H17ClN2O3S. The maximum Gasteiger partial charge on any atom is 0.274 e. The van der Waals surface area contributed by atoms with Crippen LogP contribution in [0.25, 0.3) is 33.6 Å². The topological polar surface area (TPSA) is 63.8 Å². The molecule has 5 rings (SSSR count). The SMILES string of the molecule is COc1cc(/C=c2/sc3nc(-c4ccccc4)c(-c4ccccc4)n3c2=O)cc(Cl)c1O. The van der Waals surface area contributed by atoms with Crippen molar-refractivity contribution in [2.45, 2.75) is 0 Å². The number of hydrogen-bond acceptors (Lipinski definition) is 5. The van der Waals surface area contributed by atoms with Crippen molar-refractivity contribution in [3.05, 3.63) is 98.3 Å². The number of hydrogen-bond donors (Lipinski definition) is 1. The van der Waals surface area contributed by atoms with E-state index in [0.717, 1.165) is 22.5 Å². The number of thiazole rings is 1. The summed E-state index contributed by atoms with van der Waals surface area (Å²) >= 11 is 7.42. The minimum atomic E-state index is -0.165. The smallest absolute Gasteiger partial charge is 0.274 e. The van der Waals surface area contributed by atoms with E-state index in [2.05, 4.69) is 0 Å². The van der Waals surface area contributed by atoms with Gasteiger partial charge in [0, 0.05) is 11.1 Å². The van der Waals surface area contributed by atoms with Crippen LogP contribution >= 0.6 is 22.9 Å². The van der Waals surface area contributed by atoms with Gasteiger partial charge in [-0.15, -0.1) is 0 Å². The zero-order valence-corrected chi connectivity index (χ0v) is 18.5. The summed E-state index contributed by atoms with van der Waals surface area (Å²) < 4.78 is 7.34. The van der Waals surface area contributed by atoms with E-state index < -0.39 is 0 Å². The van der Waals surface area contributed by atoms with E-state index in [4.69, 9.17) is 21.3 Å². The highest BCUT2D eigenvalue weighted by molar-refractivity contribution is 7.15. The maximum atomic E-state index is 13.5. The molecule has 0 unspecified atom stereocenters. The molecule has 0 saturated heterocycles. The summed E-state index contributed by atoms with van der Waals surface area (Å²) in [4.78, 5) is 18.9. The fourth-order valence-corrected chi connectivity index (χ4v) is 4.84. The number of imidazole rings is 1. The first-order chi connectivity index (χ1) is 15.6. The molecule has 3 aromatic carbocycles. The van der Waals surface area contributed by atoms with Gasteiger partial charge in [0.25, 0.3) is 5.56 Å². The third kappa shape index (κ3) is 3.43. The number of phenolic OH excluding ortho intramolecular Hbond substituents is 1. The molecule has 0 fully saturated rings. The molecule has 5 nitrogen and oxygen atoms in total. The van der Waals surface area contributed by atoms with Crippen molar-refractivity contribution in [1.29, 1.82) is 0 Å². The van der Waals surface area contributed by atoms with Gasteiger partial charge >= 0.3 is 0 Å². The molecule has 7 heteroatoms. The van der Waals surface area contributed by atoms with Gasteiger partial charge in [0.05, 0.1) is 28.1 Å². The van der Waals surface area contributed by atoms with Gasteiger partial charge in [-0.2, -0.15) is 0 Å². The first kappa shape index (κ1) is 20.3. The maximum absolute atomic E-state index is 13.5. The van der Waals surface area contributed by atoms with Crippen molar-refractivity contribution in [1.82, 2.24) is 9.38 Å². The number of nitrogens with zero attached hydrogens (tertiary/aromatic N) is 2. The van der Waals surface area contributed by atoms with Gasteiger partial charge in [-0.3, -0.25) is 4.79 Å². The summed E-state index contributed by atoms with van der Waals surface area (Å²) in [6, 6.07) is 22.8. The molecule has 0 bridgehead atoms. The minimum absolute atomic E-state index is 0.131. The van der Waals surface area contributed by atoms with Crippen LogP contribution in [0.5, 0.6) is 11.5 Å². The van der Waals surface area contributed by atoms with Crippen LogP contribution in [0.15, 0.2) is 77.6 Å². The second-order valence-electron chi connectivity index (χ2n) is 7.13. The van der Waals surface area contributed by atoms with Crippen molar-refractivity contribution in [3.63, 3.8) is 0 Å². The van der Waals surface area contributed by atoms with Crippen molar-refractivity contribution >= 4 is 34.0 Å². The Morgan fingerprint density at radius 3 is 2.34 bits per heavy atom. The molecule has 5 aromatic rings. The summed E-state index contributed by atoms with van der Waals surface area (Å²) in [5, 5.41) is 10.1. The molecule has 0 aliphatic heterocycles. The van der Waals surface area contributed by atoms with E-state index >= 15 is 0 Å². The standard InChI is InChI=1S/C25H17ClN2O3S/c1-31-19-13-15(12-18(26)23(19)29)14-20-24(30)28-22(17-10-6-3-7-11-17)21(27-25(28)32-20)16-8-4-2-5-9-16/h2-14,29H,1H3/b20-14+. The van der Waals surface area contributed by atoms with Gasteiger partial charge in [-0.05, 0) is 23.8 Å². The molecule has 0 radical (unpaired) electrons. The highest BCUT2D eigenvalue weighted by Crippen LogP contribution is 2.35. The highest BCUT2D eigenvalue weighted by atomic mass is 35.5. The quantitative estimate of drug-likeness (QED) is 0.409. The monoisotopic (exact) mass is 460 g/mol. The number of halogens is 1. The number of benzene rings is 3. The second kappa shape index (κ2) is 8.15. The van der Waals surface area contributed by atoms with Crippen LogP contribution in [0.4, 0.5) is 0 Å². The molecule has 0 aliphatic rings. The number of aromatic hydroxyl groups is 1. The number of fused-ring (bicyclic) bond motifs is 1. The zero-order valence-electron chi connectivity index (χ0n) is 16.9. The Balaban J connectivity index is 1.77. The van der Waals surface area contributed by atoms with Gasteiger partial charge in [0.2, 0.25) is 0 Å². The van der Waals surface area contributed by atoms with Crippen LogP contribution in [-0.2, 0) is 0 Å². The van der Waals surface area contributed by atoms with E-state index in [0.29, 0.717) is 15.1 Å². The summed E-state index contributed by atoms with van der Waals surface area (Å²) in [6.07, 6.45) is 1.73. The Labute approximate surface area is 192 Å². The molecule has 32 heavy (non-hydrogen) atoms. The van der Waals surface area contributed by atoms with Crippen LogP contribution in [0.1, 0.15) is 5.56 Å². The van der Waals surface area contributed by atoms with Crippen molar-refractivity contribution in [3.8, 4) is 34.0 Å². The third-order valence-electron chi connectivity index (χ3n) is 5.12.